The van der Waals surface area contributed by atoms with Gasteiger partial charge in [-0.3, -0.25) is 14.3 Å². The quantitative estimate of drug-likeness (QED) is 0.943. The SMILES string of the molecule is Cc1c(NC(=O)C2CC3CCC2C3)c(=O)n(-c2ccccc2)n1C. The Bertz CT molecular complexity index is 834. The van der Waals surface area contributed by atoms with E-state index in [4.69, 9.17) is 0 Å². The minimum atomic E-state index is -0.169. The molecule has 2 bridgehead atoms. The lowest BCUT2D eigenvalue weighted by atomic mass is 9.88. The Balaban J connectivity index is 1.65. The van der Waals surface area contributed by atoms with E-state index in [1.165, 1.54) is 12.8 Å². The average molecular weight is 325 g/mol. The maximum atomic E-state index is 12.8. The fourth-order valence-electron chi connectivity index (χ4n) is 4.49. The van der Waals surface area contributed by atoms with Gasteiger partial charge < -0.3 is 5.32 Å². The van der Waals surface area contributed by atoms with Crippen molar-refractivity contribution in [1.29, 1.82) is 0 Å². The van der Waals surface area contributed by atoms with Gasteiger partial charge >= 0.3 is 0 Å². The van der Waals surface area contributed by atoms with E-state index >= 15 is 0 Å². The van der Waals surface area contributed by atoms with E-state index in [1.807, 2.05) is 44.3 Å². The number of carbonyl (C=O) groups is 1. The Labute approximate surface area is 141 Å². The number of benzene rings is 1. The first-order chi connectivity index (χ1) is 11.6. The maximum Gasteiger partial charge on any atom is 0.295 e. The smallest absolute Gasteiger partial charge is 0.295 e. The molecule has 1 aromatic heterocycles. The van der Waals surface area contributed by atoms with Crippen molar-refractivity contribution in [2.75, 3.05) is 5.32 Å². The highest BCUT2D eigenvalue weighted by Crippen LogP contribution is 2.48. The first-order valence-electron chi connectivity index (χ1n) is 8.71. The van der Waals surface area contributed by atoms with E-state index in [0.29, 0.717) is 17.5 Å². The van der Waals surface area contributed by atoms with Crippen LogP contribution in [0.5, 0.6) is 0 Å². The Morgan fingerprint density at radius 3 is 2.54 bits per heavy atom. The number of para-hydroxylation sites is 1. The molecule has 4 rings (SSSR count). The lowest BCUT2D eigenvalue weighted by molar-refractivity contribution is -0.121. The molecule has 0 aliphatic heterocycles. The van der Waals surface area contributed by atoms with Crippen molar-refractivity contribution in [3.8, 4) is 5.69 Å². The minimum Gasteiger partial charge on any atom is -0.320 e. The fourth-order valence-corrected chi connectivity index (χ4v) is 4.49. The van der Waals surface area contributed by atoms with Crippen LogP contribution in [-0.2, 0) is 11.8 Å². The number of hydrogen-bond donors (Lipinski definition) is 1. The molecule has 1 N–H and O–H groups in total. The second kappa shape index (κ2) is 5.65. The number of nitrogens with zero attached hydrogens (tertiary/aromatic N) is 2. The number of hydrogen-bond acceptors (Lipinski definition) is 2. The number of aromatic nitrogens is 2. The van der Waals surface area contributed by atoms with E-state index in [0.717, 1.165) is 24.2 Å². The summed E-state index contributed by atoms with van der Waals surface area (Å²) in [5.41, 5.74) is 1.82. The monoisotopic (exact) mass is 325 g/mol. The van der Waals surface area contributed by atoms with Crippen LogP contribution in [0.1, 0.15) is 31.4 Å². The summed E-state index contributed by atoms with van der Waals surface area (Å²) in [6.07, 6.45) is 4.58. The molecule has 3 unspecified atom stereocenters. The first-order valence-corrected chi connectivity index (χ1v) is 8.71. The first kappa shape index (κ1) is 15.2. The van der Waals surface area contributed by atoms with Gasteiger partial charge in [-0.2, -0.15) is 0 Å². The third-order valence-corrected chi connectivity index (χ3v) is 5.88. The summed E-state index contributed by atoms with van der Waals surface area (Å²) in [5.74, 6) is 1.32. The van der Waals surface area contributed by atoms with Crippen molar-refractivity contribution < 1.29 is 4.79 Å². The third-order valence-electron chi connectivity index (χ3n) is 5.88. The molecule has 0 radical (unpaired) electrons. The molecule has 2 aromatic rings. The summed E-state index contributed by atoms with van der Waals surface area (Å²) in [6.45, 7) is 1.87. The van der Waals surface area contributed by atoms with E-state index in [-0.39, 0.29) is 17.4 Å². The standard InChI is InChI=1S/C19H23N3O2/c1-12-17(20-18(23)16-11-13-8-9-14(16)10-13)19(24)22(21(12)2)15-6-4-3-5-7-15/h3-7,13-14,16H,8-11H2,1-2H3,(H,20,23). The zero-order valence-corrected chi connectivity index (χ0v) is 14.2. The highest BCUT2D eigenvalue weighted by atomic mass is 16.2. The highest BCUT2D eigenvalue weighted by molar-refractivity contribution is 5.93. The zero-order chi connectivity index (χ0) is 16.8. The van der Waals surface area contributed by atoms with Gasteiger partial charge in [-0.1, -0.05) is 24.6 Å². The Kier molecular flexibility index (Phi) is 3.59. The second-order valence-corrected chi connectivity index (χ2v) is 7.21. The van der Waals surface area contributed by atoms with Crippen LogP contribution in [0.4, 0.5) is 5.69 Å². The molecule has 2 saturated carbocycles. The fraction of sp³-hybridized carbons (Fsp3) is 0.474. The zero-order valence-electron chi connectivity index (χ0n) is 14.2. The Hall–Kier alpha value is -2.30. The predicted octanol–water partition coefficient (Wildman–Crippen LogP) is 2.86. The summed E-state index contributed by atoms with van der Waals surface area (Å²) in [4.78, 5) is 25.5. The lowest BCUT2D eigenvalue weighted by Crippen LogP contribution is -2.30. The maximum absolute atomic E-state index is 12.8. The van der Waals surface area contributed by atoms with Gasteiger partial charge in [0.1, 0.15) is 5.69 Å². The largest absolute Gasteiger partial charge is 0.320 e. The second-order valence-electron chi connectivity index (χ2n) is 7.21. The van der Waals surface area contributed by atoms with Crippen LogP contribution < -0.4 is 10.9 Å². The van der Waals surface area contributed by atoms with Crippen LogP contribution in [0.2, 0.25) is 0 Å². The van der Waals surface area contributed by atoms with Gasteiger partial charge in [0.2, 0.25) is 5.91 Å². The lowest BCUT2D eigenvalue weighted by Gasteiger charge is -2.20. The topological polar surface area (TPSA) is 56.0 Å². The van der Waals surface area contributed by atoms with Crippen molar-refractivity contribution in [2.45, 2.75) is 32.6 Å². The molecular weight excluding hydrogens is 302 g/mol. The van der Waals surface area contributed by atoms with Crippen LogP contribution in [0.25, 0.3) is 5.69 Å². The van der Waals surface area contributed by atoms with Crippen LogP contribution >= 0.6 is 0 Å². The predicted molar refractivity (Wildman–Crippen MR) is 93.3 cm³/mol. The molecule has 3 atom stereocenters. The summed E-state index contributed by atoms with van der Waals surface area (Å²) in [7, 11) is 1.84. The summed E-state index contributed by atoms with van der Waals surface area (Å²) >= 11 is 0. The van der Waals surface area contributed by atoms with Crippen molar-refractivity contribution in [3.63, 3.8) is 0 Å². The summed E-state index contributed by atoms with van der Waals surface area (Å²) in [6, 6.07) is 9.50. The Morgan fingerprint density at radius 2 is 1.92 bits per heavy atom. The van der Waals surface area contributed by atoms with E-state index in [9.17, 15) is 9.59 Å². The Morgan fingerprint density at radius 1 is 1.17 bits per heavy atom. The van der Waals surface area contributed by atoms with Crippen molar-refractivity contribution in [3.05, 3.63) is 46.4 Å². The molecule has 126 valence electrons. The molecule has 5 nitrogen and oxygen atoms in total. The van der Waals surface area contributed by atoms with Crippen LogP contribution in [0, 0.1) is 24.7 Å². The number of nitrogens with one attached hydrogen (secondary N) is 1. The average Bonchev–Trinajstić information content (AvgIpc) is 3.27. The van der Waals surface area contributed by atoms with Crippen LogP contribution in [0.3, 0.4) is 0 Å². The van der Waals surface area contributed by atoms with Gasteiger partial charge in [-0.05, 0) is 50.2 Å². The number of rotatable bonds is 3. The molecule has 2 aliphatic carbocycles. The molecule has 1 aromatic carbocycles. The molecular formula is C19H23N3O2. The van der Waals surface area contributed by atoms with E-state index < -0.39 is 0 Å². The van der Waals surface area contributed by atoms with Gasteiger partial charge in [0, 0.05) is 13.0 Å². The van der Waals surface area contributed by atoms with Crippen molar-refractivity contribution in [2.24, 2.45) is 24.8 Å². The molecule has 1 amide bonds. The molecule has 0 saturated heterocycles. The number of carbonyl (C=O) groups excluding carboxylic acids is 1. The van der Waals surface area contributed by atoms with E-state index in [1.54, 1.807) is 9.36 Å². The number of amides is 1. The summed E-state index contributed by atoms with van der Waals surface area (Å²) < 4.78 is 3.40. The molecule has 0 spiro atoms. The minimum absolute atomic E-state index is 0.0215. The van der Waals surface area contributed by atoms with Gasteiger partial charge in [0.05, 0.1) is 11.4 Å². The molecule has 2 fully saturated rings. The van der Waals surface area contributed by atoms with Crippen LogP contribution in [0.15, 0.2) is 35.1 Å². The number of fused-ring (bicyclic) bond motifs is 2. The van der Waals surface area contributed by atoms with Crippen molar-refractivity contribution >= 4 is 11.6 Å². The van der Waals surface area contributed by atoms with Crippen molar-refractivity contribution in [1.82, 2.24) is 9.36 Å². The van der Waals surface area contributed by atoms with Crippen LogP contribution in [-0.4, -0.2) is 15.3 Å². The number of anilines is 1. The molecule has 24 heavy (non-hydrogen) atoms. The van der Waals surface area contributed by atoms with Gasteiger partial charge in [-0.25, -0.2) is 4.68 Å². The van der Waals surface area contributed by atoms with E-state index in [2.05, 4.69) is 5.32 Å². The molecule has 5 heteroatoms. The van der Waals surface area contributed by atoms with Gasteiger partial charge in [0.15, 0.2) is 0 Å². The highest BCUT2D eigenvalue weighted by Gasteiger charge is 2.43. The third kappa shape index (κ3) is 2.30. The molecule has 2 aliphatic rings. The van der Waals surface area contributed by atoms with Gasteiger partial charge in [0.25, 0.3) is 5.56 Å². The molecule has 1 heterocycles. The summed E-state index contributed by atoms with van der Waals surface area (Å²) in [5, 5.41) is 2.94. The van der Waals surface area contributed by atoms with Gasteiger partial charge in [-0.15, -0.1) is 0 Å². The normalized spacial score (nSPS) is 25.2.